The van der Waals surface area contributed by atoms with Crippen molar-refractivity contribution in [2.75, 3.05) is 0 Å². The van der Waals surface area contributed by atoms with Crippen LogP contribution in [0, 0.1) is 18.3 Å². The molecular weight excluding hydrogens is 280 g/mol. The molecule has 0 N–H and O–H groups in total. The predicted octanol–water partition coefficient (Wildman–Crippen LogP) is 3.08. The first kappa shape index (κ1) is 16.3. The van der Waals surface area contributed by atoms with Crippen LogP contribution in [0.1, 0.15) is 51.9 Å². The Morgan fingerprint density at radius 3 is 2.45 bits per heavy atom. The maximum Gasteiger partial charge on any atom is 0.313 e. The Balaban J connectivity index is 2.54. The van der Waals surface area contributed by atoms with E-state index in [1.807, 2.05) is 13.8 Å². The number of esters is 1. The smallest absolute Gasteiger partial charge is 0.313 e. The molecule has 0 aliphatic heterocycles. The van der Waals surface area contributed by atoms with E-state index in [2.05, 4.69) is 9.97 Å². The average molecular weight is 302 g/mol. The van der Waals surface area contributed by atoms with Crippen molar-refractivity contribution >= 4 is 17.3 Å². The minimum absolute atomic E-state index is 0.0496. The Hall–Kier alpha value is -2.04. The number of Topliss-reactive ketones (excluding diaryl/α,β-unsaturated/α-hetero) is 1. The highest BCUT2D eigenvalue weighted by atomic mass is 16.5. The first-order chi connectivity index (χ1) is 10.2. The highest BCUT2D eigenvalue weighted by Crippen LogP contribution is 2.41. The van der Waals surface area contributed by atoms with Gasteiger partial charge in [0.25, 0.3) is 0 Å². The highest BCUT2D eigenvalue weighted by molar-refractivity contribution is 6.22. The van der Waals surface area contributed by atoms with Gasteiger partial charge in [-0.2, -0.15) is 0 Å². The number of allylic oxidation sites excluding steroid dienone is 2. The Kier molecular flexibility index (Phi) is 4.44. The lowest BCUT2D eigenvalue weighted by Gasteiger charge is -2.31. The number of rotatable bonds is 3. The van der Waals surface area contributed by atoms with Gasteiger partial charge in [-0.1, -0.05) is 27.7 Å². The molecule has 0 radical (unpaired) electrons. The SMILES string of the molecule is Cc1nccnc1C1=C(OC(=O)C(C)C)CC(C)(C)CC1=O. The molecule has 0 spiro atoms. The number of ether oxygens (including phenoxy) is 1. The summed E-state index contributed by atoms with van der Waals surface area (Å²) in [6.07, 6.45) is 4.06. The van der Waals surface area contributed by atoms with E-state index in [1.165, 1.54) is 0 Å². The first-order valence-corrected chi connectivity index (χ1v) is 7.47. The van der Waals surface area contributed by atoms with Gasteiger partial charge in [-0.15, -0.1) is 0 Å². The van der Waals surface area contributed by atoms with Gasteiger partial charge in [-0.3, -0.25) is 19.6 Å². The van der Waals surface area contributed by atoms with E-state index in [4.69, 9.17) is 4.74 Å². The molecule has 0 unspecified atom stereocenters. The van der Waals surface area contributed by atoms with Crippen LogP contribution in [-0.4, -0.2) is 21.7 Å². The fourth-order valence-electron chi connectivity index (χ4n) is 2.51. The summed E-state index contributed by atoms with van der Waals surface area (Å²) in [6.45, 7) is 9.32. The summed E-state index contributed by atoms with van der Waals surface area (Å²) in [5.74, 6) is -0.216. The molecule has 0 saturated carbocycles. The quantitative estimate of drug-likeness (QED) is 0.802. The topological polar surface area (TPSA) is 69.2 Å². The van der Waals surface area contributed by atoms with Crippen LogP contribution in [0.5, 0.6) is 0 Å². The third-order valence-corrected chi connectivity index (χ3v) is 3.65. The zero-order valence-corrected chi connectivity index (χ0v) is 13.8. The standard InChI is InChI=1S/C17H22N2O3/c1-10(2)16(21)22-13-9-17(4,5)8-12(20)14(13)15-11(3)18-6-7-19-15/h6-7,10H,8-9H2,1-5H3. The lowest BCUT2D eigenvalue weighted by Crippen LogP contribution is -2.28. The number of aromatic nitrogens is 2. The summed E-state index contributed by atoms with van der Waals surface area (Å²) in [5, 5.41) is 0. The molecule has 22 heavy (non-hydrogen) atoms. The molecule has 5 heteroatoms. The minimum Gasteiger partial charge on any atom is -0.430 e. The number of ketones is 1. The van der Waals surface area contributed by atoms with Gasteiger partial charge >= 0.3 is 5.97 Å². The molecule has 0 saturated heterocycles. The van der Waals surface area contributed by atoms with Crippen molar-refractivity contribution in [2.24, 2.45) is 11.3 Å². The molecule has 0 aromatic carbocycles. The summed E-state index contributed by atoms with van der Waals surface area (Å²) >= 11 is 0. The van der Waals surface area contributed by atoms with E-state index >= 15 is 0 Å². The molecule has 0 amide bonds. The molecule has 1 aliphatic rings. The molecule has 0 fully saturated rings. The summed E-state index contributed by atoms with van der Waals surface area (Å²) < 4.78 is 5.53. The molecule has 5 nitrogen and oxygen atoms in total. The summed E-state index contributed by atoms with van der Waals surface area (Å²) in [4.78, 5) is 33.0. The van der Waals surface area contributed by atoms with Gasteiger partial charge in [0, 0.05) is 25.2 Å². The van der Waals surface area contributed by atoms with Crippen LogP contribution in [-0.2, 0) is 14.3 Å². The summed E-state index contributed by atoms with van der Waals surface area (Å²) in [6, 6.07) is 0. The van der Waals surface area contributed by atoms with Crippen LogP contribution in [0.15, 0.2) is 18.2 Å². The van der Waals surface area contributed by atoms with Crippen LogP contribution in [0.4, 0.5) is 0 Å². The molecule has 1 aromatic rings. The molecule has 0 atom stereocenters. The van der Waals surface area contributed by atoms with E-state index in [0.29, 0.717) is 35.6 Å². The average Bonchev–Trinajstić information content (AvgIpc) is 2.38. The lowest BCUT2D eigenvalue weighted by atomic mass is 9.75. The maximum atomic E-state index is 12.6. The van der Waals surface area contributed by atoms with Crippen LogP contribution < -0.4 is 0 Å². The summed E-state index contributed by atoms with van der Waals surface area (Å²) in [7, 11) is 0. The Labute approximate surface area is 130 Å². The monoisotopic (exact) mass is 302 g/mol. The Morgan fingerprint density at radius 2 is 1.86 bits per heavy atom. The molecule has 1 aliphatic carbocycles. The molecule has 2 rings (SSSR count). The number of carbonyl (C=O) groups excluding carboxylic acids is 2. The number of nitrogens with zero attached hydrogens (tertiary/aromatic N) is 2. The van der Waals surface area contributed by atoms with Gasteiger partial charge in [0.2, 0.25) is 0 Å². The van der Waals surface area contributed by atoms with E-state index in [9.17, 15) is 9.59 Å². The Bertz CT molecular complexity index is 645. The van der Waals surface area contributed by atoms with Crippen molar-refractivity contribution in [1.29, 1.82) is 0 Å². The molecule has 0 bridgehead atoms. The van der Waals surface area contributed by atoms with Crippen molar-refractivity contribution in [3.63, 3.8) is 0 Å². The fraction of sp³-hybridized carbons (Fsp3) is 0.529. The largest absolute Gasteiger partial charge is 0.430 e. The van der Waals surface area contributed by atoms with Crippen LogP contribution in [0.3, 0.4) is 0 Å². The van der Waals surface area contributed by atoms with E-state index in [-0.39, 0.29) is 23.1 Å². The predicted molar refractivity (Wildman–Crippen MR) is 82.6 cm³/mol. The van der Waals surface area contributed by atoms with E-state index in [0.717, 1.165) is 0 Å². The van der Waals surface area contributed by atoms with E-state index in [1.54, 1.807) is 33.2 Å². The van der Waals surface area contributed by atoms with Crippen molar-refractivity contribution in [2.45, 2.75) is 47.5 Å². The molecule has 1 heterocycles. The van der Waals surface area contributed by atoms with Crippen LogP contribution in [0.25, 0.3) is 5.57 Å². The fourth-order valence-corrected chi connectivity index (χ4v) is 2.51. The van der Waals surface area contributed by atoms with Gasteiger partial charge in [0.05, 0.1) is 22.9 Å². The molecule has 1 aromatic heterocycles. The number of hydrogen-bond donors (Lipinski definition) is 0. The second kappa shape index (κ2) is 5.99. The normalized spacial score (nSPS) is 17.8. The second-order valence-corrected chi connectivity index (χ2v) is 6.81. The third-order valence-electron chi connectivity index (χ3n) is 3.65. The van der Waals surface area contributed by atoms with Crippen molar-refractivity contribution < 1.29 is 14.3 Å². The van der Waals surface area contributed by atoms with Crippen molar-refractivity contribution in [1.82, 2.24) is 9.97 Å². The lowest BCUT2D eigenvalue weighted by molar-refractivity contribution is -0.143. The third kappa shape index (κ3) is 3.40. The van der Waals surface area contributed by atoms with Crippen LogP contribution in [0.2, 0.25) is 0 Å². The minimum atomic E-state index is -0.334. The number of carbonyl (C=O) groups is 2. The summed E-state index contributed by atoms with van der Waals surface area (Å²) in [5.41, 5.74) is 1.33. The maximum absolute atomic E-state index is 12.6. The zero-order chi connectivity index (χ0) is 16.5. The highest BCUT2D eigenvalue weighted by Gasteiger charge is 2.37. The first-order valence-electron chi connectivity index (χ1n) is 7.47. The molecule has 118 valence electrons. The van der Waals surface area contributed by atoms with E-state index < -0.39 is 0 Å². The van der Waals surface area contributed by atoms with Crippen molar-refractivity contribution in [3.8, 4) is 0 Å². The zero-order valence-electron chi connectivity index (χ0n) is 13.8. The Morgan fingerprint density at radius 1 is 1.23 bits per heavy atom. The van der Waals surface area contributed by atoms with Gasteiger partial charge in [-0.25, -0.2) is 0 Å². The van der Waals surface area contributed by atoms with Gasteiger partial charge in [0.1, 0.15) is 5.76 Å². The number of aryl methyl sites for hydroxylation is 1. The van der Waals surface area contributed by atoms with Gasteiger partial charge < -0.3 is 4.74 Å². The molecular formula is C17H22N2O3. The number of hydrogen-bond acceptors (Lipinski definition) is 5. The van der Waals surface area contributed by atoms with Crippen molar-refractivity contribution in [3.05, 3.63) is 29.5 Å². The second-order valence-electron chi connectivity index (χ2n) is 6.81. The van der Waals surface area contributed by atoms with Gasteiger partial charge in [-0.05, 0) is 12.3 Å². The van der Waals surface area contributed by atoms with Gasteiger partial charge in [0.15, 0.2) is 5.78 Å². The van der Waals surface area contributed by atoms with Crippen LogP contribution >= 0.6 is 0 Å².